The summed E-state index contributed by atoms with van der Waals surface area (Å²) in [6.07, 6.45) is 0. The number of phenolic OH excluding ortho intramolecular Hbond substituents is 1. The van der Waals surface area contributed by atoms with Crippen molar-refractivity contribution in [2.24, 2.45) is 0 Å². The number of hydrogen-bond donors (Lipinski definition) is 2. The van der Waals surface area contributed by atoms with Crippen molar-refractivity contribution in [1.29, 1.82) is 0 Å². The second-order valence-corrected chi connectivity index (χ2v) is 5.83. The molecule has 0 atom stereocenters. The lowest BCUT2D eigenvalue weighted by Gasteiger charge is -2.09. The topological polar surface area (TPSA) is 32.3 Å². The summed E-state index contributed by atoms with van der Waals surface area (Å²) in [6, 6.07) is 15.2. The van der Waals surface area contributed by atoms with E-state index in [1.807, 2.05) is 30.3 Å². The van der Waals surface area contributed by atoms with Crippen molar-refractivity contribution in [2.45, 2.75) is 13.1 Å². The molecule has 0 aliphatic carbocycles. The minimum atomic E-state index is -0.0222. The number of aromatic hydroxyl groups is 1. The summed E-state index contributed by atoms with van der Waals surface area (Å²) in [7, 11) is 0. The molecule has 0 unspecified atom stereocenters. The van der Waals surface area contributed by atoms with Gasteiger partial charge in [-0.25, -0.2) is 0 Å². The third-order valence-corrected chi connectivity index (χ3v) is 3.97. The van der Waals surface area contributed by atoms with Crippen LogP contribution in [0.25, 0.3) is 5.03 Å². The lowest BCUT2D eigenvalue weighted by atomic mass is 10.1. The highest BCUT2D eigenvalue weighted by Gasteiger charge is 2.07. The Morgan fingerprint density at radius 3 is 2.29 bits per heavy atom. The Bertz CT molecular complexity index is 637. The molecule has 0 spiro atoms. The van der Waals surface area contributed by atoms with Gasteiger partial charge in [0.2, 0.25) is 0 Å². The average Bonchev–Trinajstić information content (AvgIpc) is 2.49. The quantitative estimate of drug-likeness (QED) is 0.799. The fourth-order valence-corrected chi connectivity index (χ4v) is 2.23. The smallest absolute Gasteiger partial charge is 0.126 e. The van der Waals surface area contributed by atoms with Crippen molar-refractivity contribution in [1.82, 2.24) is 5.32 Å². The Labute approximate surface area is 139 Å². The molecule has 0 heterocycles. The van der Waals surface area contributed by atoms with Crippen LogP contribution in [0.1, 0.15) is 16.7 Å². The molecule has 0 saturated heterocycles. The molecular formula is C16H14Cl3NO. The van der Waals surface area contributed by atoms with E-state index in [0.717, 1.165) is 12.1 Å². The fraction of sp³-hybridized carbons (Fsp3) is 0.125. The Balaban J connectivity index is 2.00. The maximum atomic E-state index is 10.0. The van der Waals surface area contributed by atoms with Gasteiger partial charge < -0.3 is 10.4 Å². The maximum Gasteiger partial charge on any atom is 0.126 e. The van der Waals surface area contributed by atoms with E-state index in [1.165, 1.54) is 5.56 Å². The van der Waals surface area contributed by atoms with E-state index < -0.39 is 0 Å². The van der Waals surface area contributed by atoms with Gasteiger partial charge in [0.25, 0.3) is 0 Å². The van der Waals surface area contributed by atoms with E-state index in [2.05, 4.69) is 5.32 Å². The summed E-state index contributed by atoms with van der Waals surface area (Å²) in [5.41, 5.74) is 2.55. The maximum absolute atomic E-state index is 10.0. The normalized spacial score (nSPS) is 10.4. The number of nitrogens with one attached hydrogen (secondary N) is 1. The molecule has 0 bridgehead atoms. The van der Waals surface area contributed by atoms with Crippen molar-refractivity contribution in [3.63, 3.8) is 0 Å². The standard InChI is InChI=1S/C16H14Cl3NO/c17-15(16(18)19)12-6-7-13(14(21)8-12)10-20-9-11-4-2-1-3-5-11/h1-8,20-21H,9-10H2. The monoisotopic (exact) mass is 341 g/mol. The first kappa shape index (κ1) is 16.2. The van der Waals surface area contributed by atoms with Crippen LogP contribution < -0.4 is 5.32 Å². The Morgan fingerprint density at radius 1 is 0.952 bits per heavy atom. The average molecular weight is 343 g/mol. The zero-order valence-electron chi connectivity index (χ0n) is 11.1. The van der Waals surface area contributed by atoms with E-state index in [0.29, 0.717) is 12.1 Å². The zero-order chi connectivity index (χ0) is 15.2. The van der Waals surface area contributed by atoms with Gasteiger partial charge in [-0.3, -0.25) is 0 Å². The number of hydrogen-bond acceptors (Lipinski definition) is 2. The van der Waals surface area contributed by atoms with Crippen molar-refractivity contribution in [3.8, 4) is 5.75 Å². The van der Waals surface area contributed by atoms with Gasteiger partial charge in [0.15, 0.2) is 0 Å². The van der Waals surface area contributed by atoms with Crippen LogP contribution in [-0.4, -0.2) is 5.11 Å². The molecule has 0 radical (unpaired) electrons. The first-order valence-electron chi connectivity index (χ1n) is 6.35. The number of rotatable bonds is 5. The molecule has 0 aliphatic heterocycles. The highest BCUT2D eigenvalue weighted by atomic mass is 35.5. The van der Waals surface area contributed by atoms with Crippen LogP contribution in [0.15, 0.2) is 53.0 Å². The third-order valence-electron chi connectivity index (χ3n) is 2.99. The SMILES string of the molecule is Oc1cc(C(Cl)=C(Cl)Cl)ccc1CNCc1ccccc1. The van der Waals surface area contributed by atoms with Crippen molar-refractivity contribution >= 4 is 39.8 Å². The molecule has 2 nitrogen and oxygen atoms in total. The lowest BCUT2D eigenvalue weighted by molar-refractivity contribution is 0.464. The molecule has 0 amide bonds. The molecule has 2 aromatic carbocycles. The fourth-order valence-electron chi connectivity index (χ4n) is 1.90. The molecule has 0 aromatic heterocycles. The first-order chi connectivity index (χ1) is 10.1. The van der Waals surface area contributed by atoms with Crippen LogP contribution in [0.4, 0.5) is 0 Å². The van der Waals surface area contributed by atoms with Gasteiger partial charge in [0.1, 0.15) is 10.2 Å². The van der Waals surface area contributed by atoms with Gasteiger partial charge in [-0.1, -0.05) is 77.3 Å². The first-order valence-corrected chi connectivity index (χ1v) is 7.49. The molecular weight excluding hydrogens is 329 g/mol. The van der Waals surface area contributed by atoms with Gasteiger partial charge in [-0.05, 0) is 17.2 Å². The van der Waals surface area contributed by atoms with E-state index >= 15 is 0 Å². The lowest BCUT2D eigenvalue weighted by Crippen LogP contribution is -2.12. The number of halogens is 3. The molecule has 110 valence electrons. The van der Waals surface area contributed by atoms with Crippen LogP contribution in [0.3, 0.4) is 0 Å². The van der Waals surface area contributed by atoms with Crippen molar-refractivity contribution < 1.29 is 5.11 Å². The molecule has 2 rings (SSSR count). The van der Waals surface area contributed by atoms with Gasteiger partial charge in [0.05, 0.1) is 5.03 Å². The summed E-state index contributed by atoms with van der Waals surface area (Å²) in [5.74, 6) is 0.154. The number of phenols is 1. The summed E-state index contributed by atoms with van der Waals surface area (Å²) < 4.78 is -0.0222. The highest BCUT2D eigenvalue weighted by molar-refractivity contribution is 6.66. The van der Waals surface area contributed by atoms with E-state index in [9.17, 15) is 5.11 Å². The molecule has 0 aliphatic rings. The summed E-state index contributed by atoms with van der Waals surface area (Å²) in [5, 5.41) is 13.5. The summed E-state index contributed by atoms with van der Waals surface area (Å²) in [4.78, 5) is 0. The molecule has 2 aromatic rings. The van der Waals surface area contributed by atoms with E-state index in [1.54, 1.807) is 18.2 Å². The third kappa shape index (κ3) is 4.65. The predicted octanol–water partition coefficient (Wildman–Crippen LogP) is 5.02. The Kier molecular flexibility index (Phi) is 5.95. The van der Waals surface area contributed by atoms with Crippen LogP contribution in [0, 0.1) is 0 Å². The Morgan fingerprint density at radius 2 is 1.67 bits per heavy atom. The zero-order valence-corrected chi connectivity index (χ0v) is 13.4. The largest absolute Gasteiger partial charge is 0.508 e. The van der Waals surface area contributed by atoms with Crippen LogP contribution in [-0.2, 0) is 13.1 Å². The molecule has 5 heteroatoms. The predicted molar refractivity (Wildman–Crippen MR) is 89.6 cm³/mol. The molecule has 2 N–H and O–H groups in total. The van der Waals surface area contributed by atoms with Gasteiger partial charge in [-0.15, -0.1) is 0 Å². The number of benzene rings is 2. The highest BCUT2D eigenvalue weighted by Crippen LogP contribution is 2.31. The second kappa shape index (κ2) is 7.71. The summed E-state index contributed by atoms with van der Waals surface area (Å²) >= 11 is 17.2. The van der Waals surface area contributed by atoms with Crippen molar-refractivity contribution in [3.05, 3.63) is 69.7 Å². The van der Waals surface area contributed by atoms with Crippen molar-refractivity contribution in [2.75, 3.05) is 0 Å². The van der Waals surface area contributed by atoms with E-state index in [4.69, 9.17) is 34.8 Å². The van der Waals surface area contributed by atoms with Gasteiger partial charge in [-0.2, -0.15) is 0 Å². The van der Waals surface area contributed by atoms with Crippen LogP contribution in [0.2, 0.25) is 0 Å². The van der Waals surface area contributed by atoms with E-state index in [-0.39, 0.29) is 15.3 Å². The van der Waals surface area contributed by atoms with Gasteiger partial charge in [0, 0.05) is 18.7 Å². The summed E-state index contributed by atoms with van der Waals surface area (Å²) in [6.45, 7) is 1.28. The molecule has 0 fully saturated rings. The minimum absolute atomic E-state index is 0.0222. The Hall–Kier alpha value is -1.19. The molecule has 0 saturated carbocycles. The van der Waals surface area contributed by atoms with Crippen LogP contribution in [0.5, 0.6) is 5.75 Å². The minimum Gasteiger partial charge on any atom is -0.508 e. The van der Waals surface area contributed by atoms with Gasteiger partial charge >= 0.3 is 0 Å². The second-order valence-electron chi connectivity index (χ2n) is 4.51. The molecule has 21 heavy (non-hydrogen) atoms. The van der Waals surface area contributed by atoms with Crippen LogP contribution >= 0.6 is 34.8 Å².